The molecule has 9 nitrogen and oxygen atoms in total. The van der Waals surface area contributed by atoms with E-state index < -0.39 is 0 Å². The maximum atomic E-state index is 11.5. The smallest absolute Gasteiger partial charge is 0.240 e. The molecule has 1 atom stereocenters. The standard InChI is InChI=1S/C12H19N7O2/c13-9(20)8-2-1-3-19(8)12-16-10(14)15-11(17-12)18-4-6-21-7-5-18/h8H,1-7H2,(H2,13,20)(H2,14,15,16,17). The van der Waals surface area contributed by atoms with Gasteiger partial charge in [-0.15, -0.1) is 0 Å². The summed E-state index contributed by atoms with van der Waals surface area (Å²) in [6.07, 6.45) is 1.60. The van der Waals surface area contributed by atoms with Gasteiger partial charge in [-0.05, 0) is 12.8 Å². The molecule has 0 bridgehead atoms. The number of rotatable bonds is 3. The molecule has 0 saturated carbocycles. The van der Waals surface area contributed by atoms with E-state index in [2.05, 4.69) is 15.0 Å². The summed E-state index contributed by atoms with van der Waals surface area (Å²) in [5.41, 5.74) is 11.2. The second-order valence-corrected chi connectivity index (χ2v) is 5.15. The highest BCUT2D eigenvalue weighted by atomic mass is 16.5. The number of primary amides is 1. The third kappa shape index (κ3) is 2.82. The molecule has 3 rings (SSSR count). The molecule has 0 aromatic carbocycles. The van der Waals surface area contributed by atoms with Gasteiger partial charge >= 0.3 is 0 Å². The molecule has 2 aliphatic heterocycles. The summed E-state index contributed by atoms with van der Waals surface area (Å²) in [4.78, 5) is 28.1. The lowest BCUT2D eigenvalue weighted by molar-refractivity contribution is -0.119. The molecule has 21 heavy (non-hydrogen) atoms. The average molecular weight is 293 g/mol. The number of amides is 1. The molecule has 2 fully saturated rings. The lowest BCUT2D eigenvalue weighted by Gasteiger charge is -2.28. The molecule has 0 spiro atoms. The van der Waals surface area contributed by atoms with E-state index in [0.29, 0.717) is 51.2 Å². The Labute approximate surface area is 122 Å². The van der Waals surface area contributed by atoms with Crippen LogP contribution in [0.1, 0.15) is 12.8 Å². The van der Waals surface area contributed by atoms with Gasteiger partial charge in [-0.25, -0.2) is 0 Å². The van der Waals surface area contributed by atoms with Crippen molar-refractivity contribution in [1.82, 2.24) is 15.0 Å². The summed E-state index contributed by atoms with van der Waals surface area (Å²) in [6, 6.07) is -0.371. The second kappa shape index (κ2) is 5.68. The van der Waals surface area contributed by atoms with Gasteiger partial charge in [0.15, 0.2) is 0 Å². The van der Waals surface area contributed by atoms with Crippen molar-refractivity contribution in [2.75, 3.05) is 48.4 Å². The first kappa shape index (κ1) is 13.8. The monoisotopic (exact) mass is 293 g/mol. The van der Waals surface area contributed by atoms with Crippen molar-refractivity contribution < 1.29 is 9.53 Å². The van der Waals surface area contributed by atoms with E-state index in [1.807, 2.05) is 9.80 Å². The number of nitrogen functional groups attached to an aromatic ring is 1. The van der Waals surface area contributed by atoms with Crippen LogP contribution in [-0.2, 0) is 9.53 Å². The molecule has 0 aliphatic carbocycles. The SMILES string of the molecule is NC(=O)C1CCCN1c1nc(N)nc(N2CCOCC2)n1. The molecule has 1 amide bonds. The van der Waals surface area contributed by atoms with Crippen molar-refractivity contribution >= 4 is 23.8 Å². The molecule has 1 unspecified atom stereocenters. The van der Waals surface area contributed by atoms with Gasteiger partial charge in [0.2, 0.25) is 23.8 Å². The van der Waals surface area contributed by atoms with Crippen LogP contribution in [0.3, 0.4) is 0 Å². The third-order valence-corrected chi connectivity index (χ3v) is 3.76. The van der Waals surface area contributed by atoms with E-state index in [4.69, 9.17) is 16.2 Å². The van der Waals surface area contributed by atoms with Gasteiger partial charge in [-0.2, -0.15) is 15.0 Å². The normalized spacial score (nSPS) is 22.6. The van der Waals surface area contributed by atoms with Crippen LogP contribution in [0, 0.1) is 0 Å². The summed E-state index contributed by atoms with van der Waals surface area (Å²) in [6.45, 7) is 3.38. The number of carbonyl (C=O) groups excluding carboxylic acids is 1. The quantitative estimate of drug-likeness (QED) is 0.708. The molecule has 9 heteroatoms. The van der Waals surface area contributed by atoms with Crippen LogP contribution in [-0.4, -0.2) is 59.7 Å². The zero-order chi connectivity index (χ0) is 14.8. The van der Waals surface area contributed by atoms with Crippen LogP contribution in [0.2, 0.25) is 0 Å². The minimum atomic E-state index is -0.371. The number of ether oxygens (including phenoxy) is 1. The number of hydrogen-bond acceptors (Lipinski definition) is 8. The summed E-state index contributed by atoms with van der Waals surface area (Å²) < 4.78 is 5.31. The molecule has 2 saturated heterocycles. The summed E-state index contributed by atoms with van der Waals surface area (Å²) in [5, 5.41) is 0. The van der Waals surface area contributed by atoms with Crippen LogP contribution in [0.15, 0.2) is 0 Å². The number of nitrogens with zero attached hydrogens (tertiary/aromatic N) is 5. The number of hydrogen-bond donors (Lipinski definition) is 2. The second-order valence-electron chi connectivity index (χ2n) is 5.15. The first-order chi connectivity index (χ1) is 10.1. The zero-order valence-electron chi connectivity index (χ0n) is 11.7. The lowest BCUT2D eigenvalue weighted by Crippen LogP contribution is -2.42. The van der Waals surface area contributed by atoms with Gasteiger partial charge in [0.25, 0.3) is 0 Å². The Hall–Kier alpha value is -2.16. The summed E-state index contributed by atoms with van der Waals surface area (Å²) >= 11 is 0. The molecule has 1 aromatic rings. The maximum absolute atomic E-state index is 11.5. The Morgan fingerprint density at radius 1 is 1.14 bits per heavy atom. The summed E-state index contributed by atoms with van der Waals surface area (Å²) in [7, 11) is 0. The molecule has 1 aromatic heterocycles. The molecule has 2 aliphatic rings. The molecular weight excluding hydrogens is 274 g/mol. The van der Waals surface area contributed by atoms with Crippen molar-refractivity contribution in [3.63, 3.8) is 0 Å². The highest BCUT2D eigenvalue weighted by Crippen LogP contribution is 2.24. The zero-order valence-corrected chi connectivity index (χ0v) is 11.7. The van der Waals surface area contributed by atoms with Gasteiger partial charge in [0, 0.05) is 19.6 Å². The van der Waals surface area contributed by atoms with Crippen molar-refractivity contribution in [1.29, 1.82) is 0 Å². The van der Waals surface area contributed by atoms with Crippen LogP contribution in [0.25, 0.3) is 0 Å². The maximum Gasteiger partial charge on any atom is 0.240 e. The predicted molar refractivity (Wildman–Crippen MR) is 76.8 cm³/mol. The summed E-state index contributed by atoms with van der Waals surface area (Å²) in [5.74, 6) is 0.734. The minimum Gasteiger partial charge on any atom is -0.378 e. The van der Waals surface area contributed by atoms with Gasteiger partial charge in [0.1, 0.15) is 6.04 Å². The number of morpholine rings is 1. The molecule has 3 heterocycles. The van der Waals surface area contributed by atoms with Gasteiger partial charge in [-0.1, -0.05) is 0 Å². The van der Waals surface area contributed by atoms with Crippen LogP contribution < -0.4 is 21.3 Å². The largest absolute Gasteiger partial charge is 0.378 e. The lowest BCUT2D eigenvalue weighted by atomic mass is 10.2. The first-order valence-electron chi connectivity index (χ1n) is 7.05. The number of anilines is 3. The minimum absolute atomic E-state index is 0.150. The van der Waals surface area contributed by atoms with Crippen molar-refractivity contribution in [3.05, 3.63) is 0 Å². The Bertz CT molecular complexity index is 532. The first-order valence-corrected chi connectivity index (χ1v) is 7.05. The van der Waals surface area contributed by atoms with Gasteiger partial charge in [0.05, 0.1) is 13.2 Å². The molecule has 114 valence electrons. The topological polar surface area (TPSA) is 123 Å². The van der Waals surface area contributed by atoms with Crippen molar-refractivity contribution in [3.8, 4) is 0 Å². The van der Waals surface area contributed by atoms with Gasteiger partial charge in [-0.3, -0.25) is 4.79 Å². The average Bonchev–Trinajstić information content (AvgIpc) is 2.97. The van der Waals surface area contributed by atoms with Crippen LogP contribution >= 0.6 is 0 Å². The fraction of sp³-hybridized carbons (Fsp3) is 0.667. The van der Waals surface area contributed by atoms with Crippen LogP contribution in [0.4, 0.5) is 17.8 Å². The van der Waals surface area contributed by atoms with Gasteiger partial charge < -0.3 is 26.0 Å². The third-order valence-electron chi connectivity index (χ3n) is 3.76. The Balaban J connectivity index is 1.88. The Morgan fingerprint density at radius 3 is 2.57 bits per heavy atom. The van der Waals surface area contributed by atoms with Crippen molar-refractivity contribution in [2.24, 2.45) is 5.73 Å². The van der Waals surface area contributed by atoms with E-state index >= 15 is 0 Å². The van der Waals surface area contributed by atoms with Crippen LogP contribution in [0.5, 0.6) is 0 Å². The van der Waals surface area contributed by atoms with E-state index in [1.54, 1.807) is 0 Å². The highest BCUT2D eigenvalue weighted by molar-refractivity contribution is 5.83. The van der Waals surface area contributed by atoms with E-state index in [1.165, 1.54) is 0 Å². The fourth-order valence-corrected chi connectivity index (χ4v) is 2.70. The number of nitrogens with two attached hydrogens (primary N) is 2. The fourth-order valence-electron chi connectivity index (χ4n) is 2.70. The predicted octanol–water partition coefficient (Wildman–Crippen LogP) is -1.26. The molecular formula is C12H19N7O2. The Kier molecular flexibility index (Phi) is 3.74. The van der Waals surface area contributed by atoms with E-state index in [0.717, 1.165) is 6.42 Å². The Morgan fingerprint density at radius 2 is 1.86 bits per heavy atom. The van der Waals surface area contributed by atoms with E-state index in [9.17, 15) is 4.79 Å². The molecule has 0 radical (unpaired) electrons. The van der Waals surface area contributed by atoms with Crippen molar-refractivity contribution in [2.45, 2.75) is 18.9 Å². The van der Waals surface area contributed by atoms with E-state index in [-0.39, 0.29) is 17.9 Å². The highest BCUT2D eigenvalue weighted by Gasteiger charge is 2.31. The number of carbonyl (C=O) groups is 1. The number of aromatic nitrogens is 3. The molecule has 4 N–H and O–H groups in total.